The second-order valence-electron chi connectivity index (χ2n) is 4.06. The first kappa shape index (κ1) is 13.3. The molecular formula is C13H12ClN3O2. The molecule has 0 unspecified atom stereocenters. The Morgan fingerprint density at radius 2 is 2.16 bits per heavy atom. The van der Waals surface area contributed by atoms with E-state index in [0.29, 0.717) is 5.02 Å². The molecule has 1 heterocycles. The summed E-state index contributed by atoms with van der Waals surface area (Å²) >= 11 is 5.90. The smallest absolute Gasteiger partial charge is 0.272 e. The third-order valence-corrected chi connectivity index (χ3v) is 2.84. The van der Waals surface area contributed by atoms with Crippen LogP contribution in [0.3, 0.4) is 0 Å². The van der Waals surface area contributed by atoms with E-state index < -0.39 is 0 Å². The van der Waals surface area contributed by atoms with Gasteiger partial charge in [-0.3, -0.25) is 9.59 Å². The number of rotatable bonds is 3. The van der Waals surface area contributed by atoms with Gasteiger partial charge in [-0.1, -0.05) is 23.7 Å². The number of nitrogens with zero attached hydrogens (tertiary/aromatic N) is 1. The standard InChI is InChI=1S/C13H12ClN3O2/c1-8(9-3-2-4-10(14)7-9)15-13(19)11-5-6-12(18)17-16-11/h2-8H,1H3,(H,15,19)(H,17,18)/t8-/m0/s1. The van der Waals surface area contributed by atoms with Gasteiger partial charge in [-0.05, 0) is 30.7 Å². The van der Waals surface area contributed by atoms with Crippen molar-refractivity contribution in [1.29, 1.82) is 0 Å². The zero-order valence-corrected chi connectivity index (χ0v) is 10.9. The lowest BCUT2D eigenvalue weighted by Gasteiger charge is -2.14. The fraction of sp³-hybridized carbons (Fsp3) is 0.154. The SMILES string of the molecule is C[C@H](NC(=O)c1ccc(=O)[nH]n1)c1cccc(Cl)c1. The molecule has 1 aromatic carbocycles. The molecule has 0 saturated heterocycles. The van der Waals surface area contributed by atoms with E-state index in [1.54, 1.807) is 12.1 Å². The van der Waals surface area contributed by atoms with Crippen LogP contribution in [0.4, 0.5) is 0 Å². The fourth-order valence-corrected chi connectivity index (χ4v) is 1.80. The number of benzene rings is 1. The lowest BCUT2D eigenvalue weighted by atomic mass is 10.1. The Morgan fingerprint density at radius 3 is 2.79 bits per heavy atom. The summed E-state index contributed by atoms with van der Waals surface area (Å²) in [6, 6.07) is 9.66. The van der Waals surface area contributed by atoms with Gasteiger partial charge >= 0.3 is 0 Å². The van der Waals surface area contributed by atoms with Gasteiger partial charge < -0.3 is 5.32 Å². The van der Waals surface area contributed by atoms with E-state index in [9.17, 15) is 9.59 Å². The predicted molar refractivity (Wildman–Crippen MR) is 72.2 cm³/mol. The van der Waals surface area contributed by atoms with Crippen LogP contribution in [0.15, 0.2) is 41.2 Å². The molecule has 2 N–H and O–H groups in total. The van der Waals surface area contributed by atoms with E-state index in [-0.39, 0.29) is 23.2 Å². The Bertz CT molecular complexity index is 634. The molecule has 2 rings (SSSR count). The maximum absolute atomic E-state index is 11.9. The highest BCUT2D eigenvalue weighted by Crippen LogP contribution is 2.17. The number of carbonyl (C=O) groups is 1. The highest BCUT2D eigenvalue weighted by atomic mass is 35.5. The van der Waals surface area contributed by atoms with Crippen molar-refractivity contribution in [3.8, 4) is 0 Å². The highest BCUT2D eigenvalue weighted by Gasteiger charge is 2.12. The number of H-pyrrole nitrogens is 1. The molecule has 6 heteroatoms. The van der Waals surface area contributed by atoms with Crippen LogP contribution in [0.5, 0.6) is 0 Å². The first-order valence-electron chi connectivity index (χ1n) is 5.68. The van der Waals surface area contributed by atoms with Crippen molar-refractivity contribution >= 4 is 17.5 Å². The number of hydrogen-bond donors (Lipinski definition) is 2. The molecule has 19 heavy (non-hydrogen) atoms. The minimum absolute atomic E-state index is 0.161. The summed E-state index contributed by atoms with van der Waals surface area (Å²) in [4.78, 5) is 22.8. The number of aromatic nitrogens is 2. The quantitative estimate of drug-likeness (QED) is 0.900. The Hall–Kier alpha value is -2.14. The van der Waals surface area contributed by atoms with Gasteiger partial charge in [0.25, 0.3) is 11.5 Å². The van der Waals surface area contributed by atoms with Crippen molar-refractivity contribution in [1.82, 2.24) is 15.5 Å². The van der Waals surface area contributed by atoms with Gasteiger partial charge in [0.1, 0.15) is 5.69 Å². The third-order valence-electron chi connectivity index (χ3n) is 2.61. The van der Waals surface area contributed by atoms with E-state index in [0.717, 1.165) is 5.56 Å². The van der Waals surface area contributed by atoms with Gasteiger partial charge in [0.05, 0.1) is 6.04 Å². The second kappa shape index (κ2) is 5.67. The molecule has 98 valence electrons. The number of carbonyl (C=O) groups excluding carboxylic acids is 1. The van der Waals surface area contributed by atoms with Crippen LogP contribution in [-0.2, 0) is 0 Å². The van der Waals surface area contributed by atoms with E-state index in [4.69, 9.17) is 11.6 Å². The largest absolute Gasteiger partial charge is 0.344 e. The lowest BCUT2D eigenvalue weighted by molar-refractivity contribution is 0.0933. The lowest BCUT2D eigenvalue weighted by Crippen LogP contribution is -2.28. The average molecular weight is 278 g/mol. The molecule has 1 aromatic heterocycles. The van der Waals surface area contributed by atoms with Crippen molar-refractivity contribution < 1.29 is 4.79 Å². The molecule has 0 aliphatic rings. The second-order valence-corrected chi connectivity index (χ2v) is 4.49. The van der Waals surface area contributed by atoms with Gasteiger partial charge in [-0.2, -0.15) is 5.10 Å². The van der Waals surface area contributed by atoms with Crippen LogP contribution in [0.25, 0.3) is 0 Å². The summed E-state index contributed by atoms with van der Waals surface area (Å²) in [5.41, 5.74) is 0.707. The number of amides is 1. The van der Waals surface area contributed by atoms with E-state index in [1.165, 1.54) is 12.1 Å². The van der Waals surface area contributed by atoms with Gasteiger partial charge in [-0.15, -0.1) is 0 Å². The zero-order valence-electron chi connectivity index (χ0n) is 10.2. The summed E-state index contributed by atoms with van der Waals surface area (Å²) < 4.78 is 0. The summed E-state index contributed by atoms with van der Waals surface area (Å²) in [5.74, 6) is -0.358. The molecular weight excluding hydrogens is 266 g/mol. The molecule has 2 aromatic rings. The van der Waals surface area contributed by atoms with Crippen LogP contribution >= 0.6 is 11.6 Å². The van der Waals surface area contributed by atoms with Crippen LogP contribution in [0.1, 0.15) is 29.0 Å². The summed E-state index contributed by atoms with van der Waals surface area (Å²) in [5, 5.41) is 9.27. The van der Waals surface area contributed by atoms with E-state index in [1.807, 2.05) is 19.1 Å². The van der Waals surface area contributed by atoms with Crippen LogP contribution in [0.2, 0.25) is 5.02 Å². The van der Waals surface area contributed by atoms with Crippen molar-refractivity contribution in [2.24, 2.45) is 0 Å². The Labute approximate surface area is 114 Å². The monoisotopic (exact) mass is 277 g/mol. The average Bonchev–Trinajstić information content (AvgIpc) is 2.39. The molecule has 0 saturated carbocycles. The molecule has 0 aliphatic carbocycles. The van der Waals surface area contributed by atoms with Gasteiger partial charge in [0.15, 0.2) is 0 Å². The maximum atomic E-state index is 11.9. The zero-order chi connectivity index (χ0) is 13.8. The van der Waals surface area contributed by atoms with Crippen LogP contribution in [0, 0.1) is 0 Å². The predicted octanol–water partition coefficient (Wildman–Crippen LogP) is 1.91. The first-order chi connectivity index (χ1) is 9.06. The molecule has 0 radical (unpaired) electrons. The first-order valence-corrected chi connectivity index (χ1v) is 6.06. The van der Waals surface area contributed by atoms with Gasteiger partial charge in [0, 0.05) is 11.1 Å². The molecule has 5 nitrogen and oxygen atoms in total. The maximum Gasteiger partial charge on any atom is 0.272 e. The molecule has 0 spiro atoms. The fourth-order valence-electron chi connectivity index (χ4n) is 1.60. The van der Waals surface area contributed by atoms with Gasteiger partial charge in [0.2, 0.25) is 0 Å². The van der Waals surface area contributed by atoms with Gasteiger partial charge in [-0.25, -0.2) is 5.10 Å². The van der Waals surface area contributed by atoms with Crippen LogP contribution in [-0.4, -0.2) is 16.1 Å². The molecule has 0 fully saturated rings. The normalized spacial score (nSPS) is 11.9. The molecule has 0 aliphatic heterocycles. The van der Waals surface area contributed by atoms with Crippen molar-refractivity contribution in [2.75, 3.05) is 0 Å². The number of aromatic amines is 1. The highest BCUT2D eigenvalue weighted by molar-refractivity contribution is 6.30. The summed E-state index contributed by atoms with van der Waals surface area (Å²) in [7, 11) is 0. The number of hydrogen-bond acceptors (Lipinski definition) is 3. The minimum Gasteiger partial charge on any atom is -0.344 e. The number of halogens is 1. The molecule has 1 amide bonds. The Kier molecular flexibility index (Phi) is 3.97. The topological polar surface area (TPSA) is 74.8 Å². The molecule has 1 atom stereocenters. The molecule has 0 bridgehead atoms. The summed E-state index contributed by atoms with van der Waals surface area (Å²) in [6.07, 6.45) is 0. The van der Waals surface area contributed by atoms with Crippen molar-refractivity contribution in [3.63, 3.8) is 0 Å². The minimum atomic E-state index is -0.358. The Morgan fingerprint density at radius 1 is 1.37 bits per heavy atom. The van der Waals surface area contributed by atoms with E-state index >= 15 is 0 Å². The third kappa shape index (κ3) is 3.42. The number of nitrogens with one attached hydrogen (secondary N) is 2. The van der Waals surface area contributed by atoms with Crippen molar-refractivity contribution in [2.45, 2.75) is 13.0 Å². The Balaban J connectivity index is 2.10. The summed E-state index contributed by atoms with van der Waals surface area (Å²) in [6.45, 7) is 1.84. The van der Waals surface area contributed by atoms with E-state index in [2.05, 4.69) is 15.5 Å². The van der Waals surface area contributed by atoms with Crippen LogP contribution < -0.4 is 10.9 Å². The van der Waals surface area contributed by atoms with Crippen molar-refractivity contribution in [3.05, 3.63) is 63.0 Å².